The average Bonchev–Trinajstić information content (AvgIpc) is 3.55. The highest BCUT2D eigenvalue weighted by Gasteiger charge is 2.39. The zero-order chi connectivity index (χ0) is 38.8. The lowest BCUT2D eigenvalue weighted by Gasteiger charge is -2.43. The number of aryl methyl sites for hydroxylation is 2. The topological polar surface area (TPSA) is 11.4 Å². The molecule has 2 aliphatic rings. The quantitative estimate of drug-likeness (QED) is 0.179. The molecule has 3 heterocycles. The molecule has 3 nitrogen and oxygen atoms in total. The van der Waals surface area contributed by atoms with Crippen molar-refractivity contribution in [3.63, 3.8) is 0 Å². The van der Waals surface area contributed by atoms with Crippen LogP contribution in [0.4, 0.5) is 34.1 Å². The van der Waals surface area contributed by atoms with Gasteiger partial charge in [0.05, 0.1) is 33.8 Å². The number of para-hydroxylation sites is 5. The smallest absolute Gasteiger partial charge is 0.0562 e. The lowest BCUT2D eigenvalue weighted by Crippen LogP contribution is -2.31. The van der Waals surface area contributed by atoms with E-state index in [1.807, 2.05) is 0 Å². The number of hydrogen-bond acceptors (Lipinski definition) is 2. The second kappa shape index (κ2) is 12.0. The van der Waals surface area contributed by atoms with Gasteiger partial charge < -0.3 is 14.4 Å². The SMILES string of the molecule is Cc1cc2cc(N3c4ccccc4C(C)(C)c4cc5c6ccccc6n(-c6ccccc6)c5cc43)c(C)cc2cc1N1c2ccccc2C(C)(C)c2ccccc21. The summed E-state index contributed by atoms with van der Waals surface area (Å²) in [5.74, 6) is 0. The van der Waals surface area contributed by atoms with Crippen molar-refractivity contribution in [1.29, 1.82) is 0 Å². The molecule has 1 aromatic heterocycles. The van der Waals surface area contributed by atoms with Crippen molar-refractivity contribution in [2.45, 2.75) is 52.4 Å². The molecule has 9 aromatic rings. The first-order valence-electron chi connectivity index (χ1n) is 20.2. The van der Waals surface area contributed by atoms with Crippen molar-refractivity contribution < 1.29 is 0 Å². The number of fused-ring (bicyclic) bond motifs is 8. The van der Waals surface area contributed by atoms with Gasteiger partial charge >= 0.3 is 0 Å². The summed E-state index contributed by atoms with van der Waals surface area (Å²) in [6.45, 7) is 14.0. The third-order valence-corrected chi connectivity index (χ3v) is 13.1. The van der Waals surface area contributed by atoms with Crippen LogP contribution < -0.4 is 9.80 Å². The molecule has 276 valence electrons. The first-order chi connectivity index (χ1) is 27.6. The number of nitrogens with zero attached hydrogens (tertiary/aromatic N) is 3. The summed E-state index contributed by atoms with van der Waals surface area (Å²) in [4.78, 5) is 5.03. The van der Waals surface area contributed by atoms with Gasteiger partial charge in [0.2, 0.25) is 0 Å². The molecule has 0 bridgehead atoms. The monoisotopic (exact) mass is 735 g/mol. The van der Waals surface area contributed by atoms with Crippen LogP contribution in [0.5, 0.6) is 0 Å². The molecule has 0 atom stereocenters. The molecule has 0 aliphatic carbocycles. The molecular weight excluding hydrogens is 691 g/mol. The van der Waals surface area contributed by atoms with Gasteiger partial charge in [0.1, 0.15) is 0 Å². The predicted molar refractivity (Wildman–Crippen MR) is 241 cm³/mol. The second-order valence-corrected chi connectivity index (χ2v) is 17.2. The minimum Gasteiger partial charge on any atom is -0.310 e. The van der Waals surface area contributed by atoms with Crippen molar-refractivity contribution in [2.75, 3.05) is 9.80 Å². The van der Waals surface area contributed by atoms with E-state index in [4.69, 9.17) is 0 Å². The summed E-state index contributed by atoms with van der Waals surface area (Å²) in [6.07, 6.45) is 0. The highest BCUT2D eigenvalue weighted by molar-refractivity contribution is 6.12. The standard InChI is InChI=1S/C54H45N3/c1-34-28-37-31-50(35(2)29-36(37)30-49(34)56-46-25-15-11-21-41(46)53(3,4)42-22-12-16-26-47(42)56)57-48-27-17-13-23-43(48)54(5,6)44-32-40-39-20-10-14-24-45(39)55(51(40)33-52(44)57)38-18-8-7-9-19-38/h7-33H,1-6H3. The molecule has 0 saturated carbocycles. The van der Waals surface area contributed by atoms with E-state index in [1.165, 1.54) is 106 Å². The fraction of sp³-hybridized carbons (Fsp3) is 0.148. The van der Waals surface area contributed by atoms with Gasteiger partial charge in [-0.3, -0.25) is 0 Å². The Bertz CT molecular complexity index is 3060. The number of anilines is 6. The van der Waals surface area contributed by atoms with Crippen LogP contribution in [-0.4, -0.2) is 4.57 Å². The minimum absolute atomic E-state index is 0.101. The van der Waals surface area contributed by atoms with E-state index in [1.54, 1.807) is 0 Å². The van der Waals surface area contributed by atoms with Crippen molar-refractivity contribution >= 4 is 66.7 Å². The van der Waals surface area contributed by atoms with Gasteiger partial charge in [-0.25, -0.2) is 0 Å². The van der Waals surface area contributed by atoms with E-state index < -0.39 is 0 Å². The van der Waals surface area contributed by atoms with Crippen molar-refractivity contribution in [3.05, 3.63) is 197 Å². The number of rotatable bonds is 3. The highest BCUT2D eigenvalue weighted by atomic mass is 15.2. The van der Waals surface area contributed by atoms with Crippen LogP contribution in [0.1, 0.15) is 61.1 Å². The summed E-state index contributed by atoms with van der Waals surface area (Å²) >= 11 is 0. The van der Waals surface area contributed by atoms with Crippen LogP contribution in [-0.2, 0) is 10.8 Å². The fourth-order valence-corrected chi connectivity index (χ4v) is 10.2. The lowest BCUT2D eigenvalue weighted by molar-refractivity contribution is 0.632. The van der Waals surface area contributed by atoms with Crippen molar-refractivity contribution in [2.24, 2.45) is 0 Å². The maximum Gasteiger partial charge on any atom is 0.0562 e. The van der Waals surface area contributed by atoms with Gasteiger partial charge in [0.15, 0.2) is 0 Å². The van der Waals surface area contributed by atoms with E-state index in [2.05, 4.69) is 220 Å². The van der Waals surface area contributed by atoms with E-state index in [0.29, 0.717) is 0 Å². The van der Waals surface area contributed by atoms with E-state index in [-0.39, 0.29) is 10.8 Å². The second-order valence-electron chi connectivity index (χ2n) is 17.2. The molecule has 0 amide bonds. The van der Waals surface area contributed by atoms with Crippen LogP contribution in [0, 0.1) is 13.8 Å². The first-order valence-corrected chi connectivity index (χ1v) is 20.2. The third kappa shape index (κ3) is 4.72. The summed E-state index contributed by atoms with van der Waals surface area (Å²) < 4.78 is 2.44. The summed E-state index contributed by atoms with van der Waals surface area (Å²) in [5, 5.41) is 5.03. The molecule has 0 saturated heterocycles. The van der Waals surface area contributed by atoms with Gasteiger partial charge in [0, 0.05) is 38.7 Å². The molecule has 8 aromatic carbocycles. The molecule has 0 N–H and O–H groups in total. The molecule has 2 aliphatic heterocycles. The summed E-state index contributed by atoms with van der Waals surface area (Å²) in [5.41, 5.74) is 18.5. The Kier molecular flexibility index (Phi) is 7.08. The normalized spacial score (nSPS) is 15.1. The van der Waals surface area contributed by atoms with Crippen LogP contribution in [0.2, 0.25) is 0 Å². The Balaban J connectivity index is 1.14. The Morgan fingerprint density at radius 2 is 0.807 bits per heavy atom. The fourth-order valence-electron chi connectivity index (χ4n) is 10.2. The Labute approximate surface area is 335 Å². The van der Waals surface area contributed by atoms with Gasteiger partial charge in [-0.15, -0.1) is 0 Å². The van der Waals surface area contributed by atoms with Crippen LogP contribution in [0.3, 0.4) is 0 Å². The van der Waals surface area contributed by atoms with Crippen LogP contribution in [0.15, 0.2) is 164 Å². The summed E-state index contributed by atoms with van der Waals surface area (Å²) in [6, 6.07) is 61.1. The molecule has 11 rings (SSSR count). The summed E-state index contributed by atoms with van der Waals surface area (Å²) in [7, 11) is 0. The highest BCUT2D eigenvalue weighted by Crippen LogP contribution is 2.56. The Morgan fingerprint density at radius 1 is 0.351 bits per heavy atom. The van der Waals surface area contributed by atoms with Crippen molar-refractivity contribution in [3.8, 4) is 5.69 Å². The van der Waals surface area contributed by atoms with E-state index >= 15 is 0 Å². The van der Waals surface area contributed by atoms with Crippen LogP contribution in [0.25, 0.3) is 38.3 Å². The Hall–Kier alpha value is -6.58. The molecular formula is C54H45N3. The maximum absolute atomic E-state index is 2.54. The lowest BCUT2D eigenvalue weighted by atomic mass is 9.73. The van der Waals surface area contributed by atoms with Gasteiger partial charge in [-0.1, -0.05) is 119 Å². The first kappa shape index (κ1) is 33.7. The number of benzene rings is 8. The maximum atomic E-state index is 2.54. The minimum atomic E-state index is -0.210. The molecule has 0 radical (unpaired) electrons. The third-order valence-electron chi connectivity index (χ3n) is 13.1. The molecule has 57 heavy (non-hydrogen) atoms. The predicted octanol–water partition coefficient (Wildman–Crippen LogP) is 14.8. The van der Waals surface area contributed by atoms with Gasteiger partial charge in [0.25, 0.3) is 0 Å². The van der Waals surface area contributed by atoms with Crippen molar-refractivity contribution in [1.82, 2.24) is 4.57 Å². The number of aromatic nitrogens is 1. The van der Waals surface area contributed by atoms with E-state index in [9.17, 15) is 0 Å². The molecule has 0 unspecified atom stereocenters. The van der Waals surface area contributed by atoms with Gasteiger partial charge in [-0.05, 0) is 131 Å². The zero-order valence-corrected chi connectivity index (χ0v) is 33.4. The molecule has 0 fully saturated rings. The number of hydrogen-bond donors (Lipinski definition) is 0. The Morgan fingerprint density at radius 3 is 1.37 bits per heavy atom. The average molecular weight is 736 g/mol. The van der Waals surface area contributed by atoms with E-state index in [0.717, 1.165) is 0 Å². The molecule has 3 heteroatoms. The molecule has 0 spiro atoms. The van der Waals surface area contributed by atoms with Crippen LogP contribution >= 0.6 is 0 Å². The van der Waals surface area contributed by atoms with Gasteiger partial charge in [-0.2, -0.15) is 0 Å². The zero-order valence-electron chi connectivity index (χ0n) is 33.4. The largest absolute Gasteiger partial charge is 0.310 e.